The maximum atomic E-state index is 14.1. The molecule has 0 bridgehead atoms. The van der Waals surface area contributed by atoms with Crippen LogP contribution in [0, 0.1) is 24.7 Å². The number of allylic oxidation sites excluding steroid dienone is 1. The van der Waals surface area contributed by atoms with Gasteiger partial charge in [-0.15, -0.1) is 0 Å². The fourth-order valence-electron chi connectivity index (χ4n) is 6.82. The van der Waals surface area contributed by atoms with Crippen molar-refractivity contribution in [2.45, 2.75) is 82.1 Å². The topological polar surface area (TPSA) is 166 Å². The van der Waals surface area contributed by atoms with Crippen molar-refractivity contribution in [3.8, 4) is 17.6 Å². The van der Waals surface area contributed by atoms with Gasteiger partial charge in [-0.2, -0.15) is 9.97 Å². The van der Waals surface area contributed by atoms with Crippen molar-refractivity contribution in [3.63, 3.8) is 0 Å². The van der Waals surface area contributed by atoms with Gasteiger partial charge >= 0.3 is 6.01 Å². The summed E-state index contributed by atoms with van der Waals surface area (Å²) in [5.74, 6) is -2.32. The van der Waals surface area contributed by atoms with Gasteiger partial charge in [-0.3, -0.25) is 19.1 Å². The molecule has 254 valence electrons. The number of fused-ring (bicyclic) bond motifs is 3. The van der Waals surface area contributed by atoms with Gasteiger partial charge in [0, 0.05) is 25.1 Å². The normalized spacial score (nSPS) is 28.1. The van der Waals surface area contributed by atoms with Crippen molar-refractivity contribution in [1.82, 2.24) is 24.9 Å². The van der Waals surface area contributed by atoms with Crippen molar-refractivity contribution in [2.24, 2.45) is 17.8 Å². The summed E-state index contributed by atoms with van der Waals surface area (Å²) in [4.78, 5) is 52.2. The predicted octanol–water partition coefficient (Wildman–Crippen LogP) is 2.80. The number of hydrogen-bond acceptors (Lipinski definition) is 10. The number of nitrogens with one attached hydrogen (secondary N) is 2. The van der Waals surface area contributed by atoms with Gasteiger partial charge < -0.3 is 24.4 Å². The first-order valence-corrected chi connectivity index (χ1v) is 18.0. The highest BCUT2D eigenvalue weighted by Crippen LogP contribution is 2.47. The van der Waals surface area contributed by atoms with Crippen molar-refractivity contribution < 1.29 is 37.0 Å². The lowest BCUT2D eigenvalue weighted by atomic mass is 9.93. The van der Waals surface area contributed by atoms with E-state index in [-0.39, 0.29) is 43.0 Å². The molecule has 2 N–H and O–H groups in total. The average molecular weight is 670 g/mol. The van der Waals surface area contributed by atoms with Crippen LogP contribution in [0.2, 0.25) is 0 Å². The molecule has 13 nitrogen and oxygen atoms in total. The third-order valence-electron chi connectivity index (χ3n) is 9.78. The van der Waals surface area contributed by atoms with Gasteiger partial charge in [0.2, 0.25) is 27.7 Å². The van der Waals surface area contributed by atoms with Gasteiger partial charge in [0.25, 0.3) is 5.91 Å². The smallest absolute Gasteiger partial charge is 0.320 e. The number of benzene rings is 1. The Balaban J connectivity index is 1.30. The molecule has 3 amide bonds. The number of methoxy groups -OCH3 is 1. The monoisotopic (exact) mass is 669 g/mol. The lowest BCUT2D eigenvalue weighted by molar-refractivity contribution is -0.140. The molecule has 0 radical (unpaired) electrons. The number of sulfonamides is 1. The van der Waals surface area contributed by atoms with Gasteiger partial charge in [-0.25, -0.2) is 8.42 Å². The summed E-state index contributed by atoms with van der Waals surface area (Å²) in [6.45, 7) is 4.60. The maximum absolute atomic E-state index is 14.1. The molecular weight excluding hydrogens is 626 g/mol. The molecule has 14 heteroatoms. The number of ether oxygens (including phenoxy) is 3. The average Bonchev–Trinajstić information content (AvgIpc) is 3.96. The Morgan fingerprint density at radius 1 is 1.15 bits per heavy atom. The molecule has 5 atom stereocenters. The van der Waals surface area contributed by atoms with Gasteiger partial charge in [0.15, 0.2) is 0 Å². The van der Waals surface area contributed by atoms with Crippen molar-refractivity contribution >= 4 is 38.6 Å². The van der Waals surface area contributed by atoms with Crippen molar-refractivity contribution in [3.05, 3.63) is 29.8 Å². The highest BCUT2D eigenvalue weighted by molar-refractivity contribution is 7.91. The lowest BCUT2D eigenvalue weighted by Gasteiger charge is -2.26. The van der Waals surface area contributed by atoms with E-state index in [4.69, 9.17) is 14.2 Å². The van der Waals surface area contributed by atoms with Crippen LogP contribution in [0.15, 0.2) is 24.3 Å². The van der Waals surface area contributed by atoms with Crippen LogP contribution >= 0.6 is 0 Å². The lowest BCUT2D eigenvalue weighted by Crippen LogP contribution is -2.54. The molecule has 0 saturated heterocycles. The molecule has 4 aliphatic rings. The molecule has 3 saturated carbocycles. The van der Waals surface area contributed by atoms with Crippen molar-refractivity contribution in [2.75, 3.05) is 27.3 Å². The predicted molar refractivity (Wildman–Crippen MR) is 172 cm³/mol. The van der Waals surface area contributed by atoms with Crippen LogP contribution in [0.1, 0.15) is 63.9 Å². The van der Waals surface area contributed by atoms with Crippen LogP contribution in [-0.2, 0) is 24.4 Å². The zero-order chi connectivity index (χ0) is 33.5. The van der Waals surface area contributed by atoms with E-state index in [0.29, 0.717) is 42.6 Å². The number of carbonyl (C=O) groups excluding carboxylic acids is 3. The summed E-state index contributed by atoms with van der Waals surface area (Å²) in [5.41, 5.74) is -0.0108. The summed E-state index contributed by atoms with van der Waals surface area (Å²) < 4.78 is 45.2. The van der Waals surface area contributed by atoms with Gasteiger partial charge in [0.05, 0.1) is 41.7 Å². The first kappa shape index (κ1) is 33.0. The first-order valence-electron chi connectivity index (χ1n) is 16.4. The molecule has 1 aromatic heterocycles. The van der Waals surface area contributed by atoms with Crippen LogP contribution in [0.25, 0.3) is 10.9 Å². The Labute approximate surface area is 274 Å². The van der Waals surface area contributed by atoms with E-state index in [0.717, 1.165) is 24.8 Å². The molecule has 3 aliphatic carbocycles. The highest BCUT2D eigenvalue weighted by Gasteiger charge is 2.62. The zero-order valence-corrected chi connectivity index (χ0v) is 28.1. The Hall–Kier alpha value is -3.94. The summed E-state index contributed by atoms with van der Waals surface area (Å²) in [6, 6.07) is 3.75. The molecular formula is C33H43N5O8S. The third-order valence-corrected chi connectivity index (χ3v) is 11.6. The quantitative estimate of drug-likeness (QED) is 0.399. The first-order chi connectivity index (χ1) is 22.5. The molecule has 2 heterocycles. The minimum atomic E-state index is -3.82. The summed E-state index contributed by atoms with van der Waals surface area (Å²) >= 11 is 0. The SMILES string of the molecule is CCOc1nc(O[C@@H]2C[C@H]3C(=O)N[C@]4(C(=O)NS(=O)(=O)C5CC5)C[C@H]4C=CCCCCN(C)C(=O)[C@@H]3C2)c2ccc(OC)c(C)c2n1. The minimum Gasteiger partial charge on any atom is -0.496 e. The number of amides is 3. The fraction of sp³-hybridized carbons (Fsp3) is 0.606. The number of carbonyl (C=O) groups is 3. The Morgan fingerprint density at radius 2 is 1.91 bits per heavy atom. The van der Waals surface area contributed by atoms with E-state index in [1.54, 1.807) is 25.1 Å². The van der Waals surface area contributed by atoms with E-state index >= 15 is 0 Å². The van der Waals surface area contributed by atoms with Crippen LogP contribution in [0.3, 0.4) is 0 Å². The molecule has 1 aliphatic heterocycles. The van der Waals surface area contributed by atoms with Crippen LogP contribution < -0.4 is 24.2 Å². The fourth-order valence-corrected chi connectivity index (χ4v) is 8.18. The van der Waals surface area contributed by atoms with Crippen molar-refractivity contribution in [1.29, 1.82) is 0 Å². The van der Waals surface area contributed by atoms with E-state index < -0.39 is 50.6 Å². The number of rotatable bonds is 8. The molecule has 3 fully saturated rings. The van der Waals surface area contributed by atoms with Crippen LogP contribution in [0.5, 0.6) is 17.6 Å². The van der Waals surface area contributed by atoms with Gasteiger partial charge in [-0.05, 0) is 77.3 Å². The summed E-state index contributed by atoms with van der Waals surface area (Å²) in [6.07, 6.45) is 7.41. The molecule has 0 spiro atoms. The van der Waals surface area contributed by atoms with E-state index in [1.807, 2.05) is 32.1 Å². The molecule has 1 aromatic carbocycles. The largest absolute Gasteiger partial charge is 0.496 e. The highest BCUT2D eigenvalue weighted by atomic mass is 32.2. The third kappa shape index (κ3) is 6.61. The van der Waals surface area contributed by atoms with Crippen LogP contribution in [-0.4, -0.2) is 85.2 Å². The Bertz CT molecular complexity index is 1710. The standard InChI is InChI=1S/C33H43N5O8S/c1-5-45-32-34-27-19(2)26(44-4)14-13-23(27)29(35-32)46-21-16-24-25(17-21)30(40)38(3)15-9-7-6-8-10-20-18-33(20,36-28(24)39)31(41)37-47(42,43)22-11-12-22/h8,10,13-14,20-22,24-25H,5-7,9,11-12,15-18H2,1-4H3,(H,36,39)(H,37,41)/t20-,21-,24-,25-,33-/m1/s1. The molecule has 6 rings (SSSR count). The van der Waals surface area contributed by atoms with E-state index in [9.17, 15) is 22.8 Å². The summed E-state index contributed by atoms with van der Waals surface area (Å²) in [5, 5.41) is 2.97. The second-order valence-electron chi connectivity index (χ2n) is 13.1. The van der Waals surface area contributed by atoms with E-state index in [1.165, 1.54) is 0 Å². The number of aromatic nitrogens is 2. The number of nitrogens with zero attached hydrogens (tertiary/aromatic N) is 3. The van der Waals surface area contributed by atoms with E-state index in [2.05, 4.69) is 20.0 Å². The zero-order valence-electron chi connectivity index (χ0n) is 27.3. The maximum Gasteiger partial charge on any atom is 0.320 e. The molecule has 47 heavy (non-hydrogen) atoms. The Morgan fingerprint density at radius 3 is 2.64 bits per heavy atom. The molecule has 0 unspecified atom stereocenters. The van der Waals surface area contributed by atoms with Crippen LogP contribution in [0.4, 0.5) is 0 Å². The molecule has 2 aromatic rings. The number of aryl methyl sites for hydroxylation is 1. The number of hydrogen-bond donors (Lipinski definition) is 2. The minimum absolute atomic E-state index is 0.137. The second kappa shape index (κ2) is 12.9. The van der Waals surface area contributed by atoms with Gasteiger partial charge in [0.1, 0.15) is 17.4 Å². The summed E-state index contributed by atoms with van der Waals surface area (Å²) in [7, 11) is -0.500. The van der Waals surface area contributed by atoms with Gasteiger partial charge in [-0.1, -0.05) is 12.2 Å². The second-order valence-corrected chi connectivity index (χ2v) is 15.0. The Kier molecular flexibility index (Phi) is 9.07.